The summed E-state index contributed by atoms with van der Waals surface area (Å²) < 4.78 is 0. The SMILES string of the molecule is Cc1ccc(/C(=C/C2CCC(=O)C2)c2ccc(SCCCO)c(Cl)c2)[nH]c1=O. The fourth-order valence-electron chi connectivity index (χ4n) is 3.30. The van der Waals surface area contributed by atoms with Gasteiger partial charge in [-0.1, -0.05) is 29.8 Å². The Hall–Kier alpha value is -1.82. The van der Waals surface area contributed by atoms with Crippen molar-refractivity contribution >= 4 is 34.7 Å². The van der Waals surface area contributed by atoms with E-state index in [0.717, 1.165) is 33.9 Å². The third kappa shape index (κ3) is 5.16. The van der Waals surface area contributed by atoms with Crippen LogP contribution in [0.2, 0.25) is 5.02 Å². The Morgan fingerprint density at radius 3 is 2.79 bits per heavy atom. The number of halogens is 1. The monoisotopic (exact) mass is 417 g/mol. The van der Waals surface area contributed by atoms with Crippen LogP contribution < -0.4 is 5.56 Å². The van der Waals surface area contributed by atoms with E-state index >= 15 is 0 Å². The molecule has 28 heavy (non-hydrogen) atoms. The van der Waals surface area contributed by atoms with Crippen molar-refractivity contribution in [3.8, 4) is 0 Å². The molecule has 0 saturated heterocycles. The standard InChI is InChI=1S/C22H24ClNO3S/c1-14-3-7-20(24-22(14)27)18(12-15-4-6-17(26)11-15)16-5-8-21(19(23)13-16)28-10-2-9-25/h3,5,7-8,12-13,15,25H,2,4,6,9-11H2,1H3,(H,24,27)/b18-12+. The maximum Gasteiger partial charge on any atom is 0.251 e. The number of hydrogen-bond acceptors (Lipinski definition) is 4. The lowest BCUT2D eigenvalue weighted by Crippen LogP contribution is -2.11. The molecular weight excluding hydrogens is 394 g/mol. The number of carbonyl (C=O) groups excluding carboxylic acids is 1. The zero-order chi connectivity index (χ0) is 20.1. The van der Waals surface area contributed by atoms with Gasteiger partial charge in [-0.15, -0.1) is 11.8 Å². The van der Waals surface area contributed by atoms with E-state index in [9.17, 15) is 9.59 Å². The number of H-pyrrole nitrogens is 1. The molecule has 1 unspecified atom stereocenters. The molecule has 0 spiro atoms. The molecule has 0 radical (unpaired) electrons. The van der Waals surface area contributed by atoms with E-state index in [0.29, 0.717) is 29.8 Å². The van der Waals surface area contributed by atoms with E-state index in [1.807, 2.05) is 30.3 Å². The van der Waals surface area contributed by atoms with E-state index in [4.69, 9.17) is 16.7 Å². The third-order valence-electron chi connectivity index (χ3n) is 4.89. The molecule has 2 aromatic rings. The number of rotatable bonds is 7. The van der Waals surface area contributed by atoms with Crippen molar-refractivity contribution < 1.29 is 9.90 Å². The number of aryl methyl sites for hydroxylation is 1. The first-order valence-electron chi connectivity index (χ1n) is 9.45. The average Bonchev–Trinajstić information content (AvgIpc) is 3.08. The van der Waals surface area contributed by atoms with Crippen molar-refractivity contribution in [3.05, 3.63) is 68.6 Å². The number of Topliss-reactive ketones (excluding diaryl/α,β-unsaturated/α-hetero) is 1. The molecular formula is C22H24ClNO3S. The molecule has 0 aliphatic heterocycles. The van der Waals surface area contributed by atoms with Crippen molar-refractivity contribution in [2.24, 2.45) is 5.92 Å². The van der Waals surface area contributed by atoms with Gasteiger partial charge in [0.15, 0.2) is 0 Å². The predicted molar refractivity (Wildman–Crippen MR) is 115 cm³/mol. The van der Waals surface area contributed by atoms with Gasteiger partial charge in [0.1, 0.15) is 5.78 Å². The molecule has 1 saturated carbocycles. The van der Waals surface area contributed by atoms with Crippen LogP contribution in [0.3, 0.4) is 0 Å². The number of carbonyl (C=O) groups is 1. The molecule has 0 amide bonds. The Morgan fingerprint density at radius 1 is 1.32 bits per heavy atom. The van der Waals surface area contributed by atoms with Gasteiger partial charge >= 0.3 is 0 Å². The number of aliphatic hydroxyl groups is 1. The number of hydrogen-bond donors (Lipinski definition) is 2. The fraction of sp³-hybridized carbons (Fsp3) is 0.364. The van der Waals surface area contributed by atoms with Crippen LogP contribution in [0.15, 0.2) is 46.1 Å². The maximum absolute atomic E-state index is 12.1. The summed E-state index contributed by atoms with van der Waals surface area (Å²) in [4.78, 5) is 27.8. The Balaban J connectivity index is 1.97. The molecule has 6 heteroatoms. The van der Waals surface area contributed by atoms with Gasteiger partial charge in [0.2, 0.25) is 0 Å². The summed E-state index contributed by atoms with van der Waals surface area (Å²) in [5.74, 6) is 1.25. The Kier molecular flexibility index (Phi) is 7.16. The summed E-state index contributed by atoms with van der Waals surface area (Å²) in [5.41, 5.74) is 3.08. The molecule has 3 rings (SSSR count). The van der Waals surface area contributed by atoms with Gasteiger partial charge in [-0.05, 0) is 49.4 Å². The highest BCUT2D eigenvalue weighted by atomic mass is 35.5. The number of aromatic amines is 1. The van der Waals surface area contributed by atoms with Gasteiger partial charge in [0.25, 0.3) is 5.56 Å². The lowest BCUT2D eigenvalue weighted by Gasteiger charge is -2.13. The van der Waals surface area contributed by atoms with Crippen LogP contribution in [0.25, 0.3) is 5.57 Å². The highest BCUT2D eigenvalue weighted by molar-refractivity contribution is 7.99. The molecule has 1 aromatic heterocycles. The highest BCUT2D eigenvalue weighted by Gasteiger charge is 2.22. The highest BCUT2D eigenvalue weighted by Crippen LogP contribution is 2.34. The first-order chi connectivity index (χ1) is 13.5. The topological polar surface area (TPSA) is 70.2 Å². The second kappa shape index (κ2) is 9.59. The molecule has 4 nitrogen and oxygen atoms in total. The largest absolute Gasteiger partial charge is 0.396 e. The quantitative estimate of drug-likeness (QED) is 0.509. The van der Waals surface area contributed by atoms with Crippen LogP contribution >= 0.6 is 23.4 Å². The van der Waals surface area contributed by atoms with E-state index in [1.165, 1.54) is 0 Å². The van der Waals surface area contributed by atoms with Gasteiger partial charge in [-0.2, -0.15) is 0 Å². The van der Waals surface area contributed by atoms with Crippen LogP contribution in [0.5, 0.6) is 0 Å². The van der Waals surface area contributed by atoms with Crippen LogP contribution in [0, 0.1) is 12.8 Å². The molecule has 1 atom stereocenters. The number of aliphatic hydroxyl groups excluding tert-OH is 1. The average molecular weight is 418 g/mol. The van der Waals surface area contributed by atoms with E-state index < -0.39 is 0 Å². The minimum Gasteiger partial charge on any atom is -0.396 e. The molecule has 1 heterocycles. The van der Waals surface area contributed by atoms with E-state index in [1.54, 1.807) is 18.7 Å². The summed E-state index contributed by atoms with van der Waals surface area (Å²) >= 11 is 8.11. The second-order valence-corrected chi connectivity index (χ2v) is 8.62. The maximum atomic E-state index is 12.1. The van der Waals surface area contributed by atoms with Gasteiger partial charge in [0, 0.05) is 46.9 Å². The lowest BCUT2D eigenvalue weighted by atomic mass is 9.96. The van der Waals surface area contributed by atoms with E-state index in [-0.39, 0.29) is 23.9 Å². The molecule has 2 N–H and O–H groups in total. The number of aromatic nitrogens is 1. The predicted octanol–water partition coefficient (Wildman–Crippen LogP) is 4.61. The number of thioether (sulfide) groups is 1. The minimum absolute atomic E-state index is 0.117. The van der Waals surface area contributed by atoms with Gasteiger partial charge in [-0.25, -0.2) is 0 Å². The van der Waals surface area contributed by atoms with Crippen LogP contribution in [-0.4, -0.2) is 28.2 Å². The Labute approximate surface area is 174 Å². The summed E-state index contributed by atoms with van der Waals surface area (Å²) in [6, 6.07) is 9.58. The normalized spacial score (nSPS) is 17.3. The first-order valence-corrected chi connectivity index (χ1v) is 10.8. The summed E-state index contributed by atoms with van der Waals surface area (Å²) in [6.45, 7) is 1.94. The number of ketones is 1. The van der Waals surface area contributed by atoms with Gasteiger partial charge in [-0.3, -0.25) is 9.59 Å². The van der Waals surface area contributed by atoms with Crippen LogP contribution in [0.4, 0.5) is 0 Å². The lowest BCUT2D eigenvalue weighted by molar-refractivity contribution is -0.117. The number of pyridine rings is 1. The number of allylic oxidation sites excluding steroid dienone is 1. The third-order valence-corrected chi connectivity index (χ3v) is 6.47. The van der Waals surface area contributed by atoms with Crippen molar-refractivity contribution in [3.63, 3.8) is 0 Å². The molecule has 1 aliphatic carbocycles. The number of benzene rings is 1. The van der Waals surface area contributed by atoms with Crippen molar-refractivity contribution in [2.45, 2.75) is 37.5 Å². The van der Waals surface area contributed by atoms with E-state index in [2.05, 4.69) is 11.1 Å². The van der Waals surface area contributed by atoms with Crippen LogP contribution in [-0.2, 0) is 4.79 Å². The van der Waals surface area contributed by atoms with Gasteiger partial charge in [0.05, 0.1) is 5.02 Å². The fourth-order valence-corrected chi connectivity index (χ4v) is 4.50. The van der Waals surface area contributed by atoms with Gasteiger partial charge < -0.3 is 10.1 Å². The number of nitrogens with one attached hydrogen (secondary N) is 1. The smallest absolute Gasteiger partial charge is 0.251 e. The molecule has 1 aliphatic rings. The molecule has 1 aromatic carbocycles. The summed E-state index contributed by atoms with van der Waals surface area (Å²) in [6.07, 6.45) is 4.80. The zero-order valence-corrected chi connectivity index (χ0v) is 17.4. The minimum atomic E-state index is -0.117. The van der Waals surface area contributed by atoms with Crippen molar-refractivity contribution in [2.75, 3.05) is 12.4 Å². The molecule has 1 fully saturated rings. The van der Waals surface area contributed by atoms with Crippen molar-refractivity contribution in [1.82, 2.24) is 4.98 Å². The summed E-state index contributed by atoms with van der Waals surface area (Å²) in [5, 5.41) is 9.59. The molecule has 148 valence electrons. The second-order valence-electron chi connectivity index (χ2n) is 7.08. The Bertz CT molecular complexity index is 951. The zero-order valence-electron chi connectivity index (χ0n) is 15.8. The first kappa shape index (κ1) is 20.9. The Morgan fingerprint density at radius 2 is 2.14 bits per heavy atom. The van der Waals surface area contributed by atoms with Crippen molar-refractivity contribution in [1.29, 1.82) is 0 Å². The molecule has 0 bridgehead atoms. The summed E-state index contributed by atoms with van der Waals surface area (Å²) in [7, 11) is 0. The van der Waals surface area contributed by atoms with Crippen LogP contribution in [0.1, 0.15) is 42.5 Å².